The highest BCUT2D eigenvalue weighted by molar-refractivity contribution is 8.01. The molecule has 7 heteroatoms. The number of hydrogen-bond donors (Lipinski definition) is 2. The van der Waals surface area contributed by atoms with Crippen LogP contribution in [0, 0.1) is 0 Å². The van der Waals surface area contributed by atoms with E-state index in [1.807, 2.05) is 54.6 Å². The molecule has 0 bridgehead atoms. The topological polar surface area (TPSA) is 84.5 Å². The molecule has 2 aromatic rings. The van der Waals surface area contributed by atoms with Crippen molar-refractivity contribution >= 4 is 35.2 Å². The standard InChI is InChI=1S/C22H24N2O4S/c1-2-17(21(26)23-13-12-15-8-4-3-5-9-15)28-20(25)14-19-22(27)24-16-10-6-7-11-18(16)29-19/h3-11,17,19H,2,12-14H2,1H3,(H,23,26)(H,24,27)/t17-,19-/m1/s1. The first-order chi connectivity index (χ1) is 14.1. The molecule has 2 amide bonds. The average molecular weight is 413 g/mol. The zero-order chi connectivity index (χ0) is 20.6. The van der Waals surface area contributed by atoms with Crippen LogP contribution in [0.25, 0.3) is 0 Å². The SMILES string of the molecule is CC[C@@H](OC(=O)C[C@H]1Sc2ccccc2NC1=O)C(=O)NCCc1ccccc1. The van der Waals surface area contributed by atoms with Gasteiger partial charge in [0.1, 0.15) is 0 Å². The normalized spacial score (nSPS) is 16.3. The molecular formula is C22H24N2O4S. The van der Waals surface area contributed by atoms with Gasteiger partial charge in [0.2, 0.25) is 5.91 Å². The summed E-state index contributed by atoms with van der Waals surface area (Å²) in [5.41, 5.74) is 1.87. The Hall–Kier alpha value is -2.80. The molecule has 6 nitrogen and oxygen atoms in total. The van der Waals surface area contributed by atoms with Gasteiger partial charge in [0, 0.05) is 11.4 Å². The van der Waals surface area contributed by atoms with E-state index >= 15 is 0 Å². The number of carbonyl (C=O) groups excluding carboxylic acids is 3. The van der Waals surface area contributed by atoms with Crippen LogP contribution in [0.3, 0.4) is 0 Å². The highest BCUT2D eigenvalue weighted by Gasteiger charge is 2.31. The van der Waals surface area contributed by atoms with Crippen molar-refractivity contribution in [2.24, 2.45) is 0 Å². The lowest BCUT2D eigenvalue weighted by molar-refractivity contribution is -0.156. The smallest absolute Gasteiger partial charge is 0.308 e. The summed E-state index contributed by atoms with van der Waals surface area (Å²) >= 11 is 1.33. The van der Waals surface area contributed by atoms with E-state index in [1.54, 1.807) is 6.92 Å². The zero-order valence-corrected chi connectivity index (χ0v) is 17.0. The van der Waals surface area contributed by atoms with Gasteiger partial charge in [0.05, 0.1) is 17.4 Å². The van der Waals surface area contributed by atoms with Crippen LogP contribution in [0.2, 0.25) is 0 Å². The maximum absolute atomic E-state index is 12.3. The van der Waals surface area contributed by atoms with Crippen molar-refractivity contribution in [2.75, 3.05) is 11.9 Å². The average Bonchev–Trinajstić information content (AvgIpc) is 2.73. The van der Waals surface area contributed by atoms with Crippen LogP contribution in [0.15, 0.2) is 59.5 Å². The Balaban J connectivity index is 1.48. The maximum Gasteiger partial charge on any atom is 0.308 e. The monoisotopic (exact) mass is 412 g/mol. The van der Waals surface area contributed by atoms with Crippen molar-refractivity contribution in [3.05, 3.63) is 60.2 Å². The summed E-state index contributed by atoms with van der Waals surface area (Å²) in [6, 6.07) is 17.3. The van der Waals surface area contributed by atoms with Gasteiger partial charge in [-0.15, -0.1) is 11.8 Å². The van der Waals surface area contributed by atoms with E-state index in [0.717, 1.165) is 16.1 Å². The van der Waals surface area contributed by atoms with Crippen LogP contribution >= 0.6 is 11.8 Å². The van der Waals surface area contributed by atoms with E-state index in [0.29, 0.717) is 19.4 Å². The van der Waals surface area contributed by atoms with E-state index in [2.05, 4.69) is 10.6 Å². The minimum atomic E-state index is -0.859. The minimum absolute atomic E-state index is 0.0847. The summed E-state index contributed by atoms with van der Waals surface area (Å²) in [6.07, 6.45) is 0.131. The molecule has 29 heavy (non-hydrogen) atoms. The molecular weight excluding hydrogens is 388 g/mol. The molecule has 0 fully saturated rings. The Labute approximate surface area is 174 Å². The first kappa shape index (κ1) is 20.9. The third kappa shape index (κ3) is 5.84. The first-order valence-corrected chi connectivity index (χ1v) is 10.5. The predicted molar refractivity (Wildman–Crippen MR) is 113 cm³/mol. The number of rotatable bonds is 8. The molecule has 0 saturated heterocycles. The second kappa shape index (κ2) is 10.1. The van der Waals surface area contributed by atoms with Gasteiger partial charge in [0.15, 0.2) is 6.10 Å². The van der Waals surface area contributed by atoms with Gasteiger partial charge in [-0.2, -0.15) is 0 Å². The molecule has 2 N–H and O–H groups in total. The number of ether oxygens (including phenoxy) is 1. The lowest BCUT2D eigenvalue weighted by Crippen LogP contribution is -2.39. The zero-order valence-electron chi connectivity index (χ0n) is 16.2. The summed E-state index contributed by atoms with van der Waals surface area (Å²) in [4.78, 5) is 37.8. The first-order valence-electron chi connectivity index (χ1n) is 9.64. The fraction of sp³-hybridized carbons (Fsp3) is 0.318. The van der Waals surface area contributed by atoms with Crippen molar-refractivity contribution in [1.82, 2.24) is 5.32 Å². The van der Waals surface area contributed by atoms with Crippen LogP contribution in [-0.2, 0) is 25.5 Å². The van der Waals surface area contributed by atoms with Gasteiger partial charge >= 0.3 is 5.97 Å². The summed E-state index contributed by atoms with van der Waals surface area (Å²) in [5.74, 6) is -1.10. The Bertz CT molecular complexity index is 872. The number of anilines is 1. The van der Waals surface area contributed by atoms with Crippen molar-refractivity contribution in [3.63, 3.8) is 0 Å². The van der Waals surface area contributed by atoms with Crippen LogP contribution in [0.5, 0.6) is 0 Å². The highest BCUT2D eigenvalue weighted by atomic mass is 32.2. The maximum atomic E-state index is 12.3. The van der Waals surface area contributed by atoms with Crippen LogP contribution < -0.4 is 10.6 Å². The number of carbonyl (C=O) groups is 3. The van der Waals surface area contributed by atoms with E-state index in [4.69, 9.17) is 4.74 Å². The third-order valence-electron chi connectivity index (χ3n) is 4.55. The lowest BCUT2D eigenvalue weighted by atomic mass is 10.1. The quantitative estimate of drug-likeness (QED) is 0.651. The number of nitrogens with one attached hydrogen (secondary N) is 2. The van der Waals surface area contributed by atoms with Crippen LogP contribution in [0.4, 0.5) is 5.69 Å². The van der Waals surface area contributed by atoms with Gasteiger partial charge in [-0.1, -0.05) is 49.4 Å². The Morgan fingerprint density at radius 3 is 2.62 bits per heavy atom. The fourth-order valence-corrected chi connectivity index (χ4v) is 4.09. The van der Waals surface area contributed by atoms with Crippen molar-refractivity contribution in [2.45, 2.75) is 42.4 Å². The predicted octanol–water partition coefficient (Wildman–Crippen LogP) is 3.17. The molecule has 1 aliphatic heterocycles. The van der Waals surface area contributed by atoms with Gasteiger partial charge < -0.3 is 15.4 Å². The molecule has 2 aromatic carbocycles. The number of para-hydroxylation sites is 1. The van der Waals surface area contributed by atoms with Crippen LogP contribution in [-0.4, -0.2) is 35.7 Å². The molecule has 1 heterocycles. The number of benzene rings is 2. The Morgan fingerprint density at radius 1 is 1.14 bits per heavy atom. The molecule has 0 aliphatic carbocycles. The largest absolute Gasteiger partial charge is 0.452 e. The molecule has 0 aromatic heterocycles. The molecule has 0 unspecified atom stereocenters. The van der Waals surface area contributed by atoms with E-state index < -0.39 is 17.3 Å². The number of amides is 2. The number of hydrogen-bond acceptors (Lipinski definition) is 5. The summed E-state index contributed by atoms with van der Waals surface area (Å²) in [5, 5.41) is 5.04. The molecule has 3 rings (SSSR count). The van der Waals surface area contributed by atoms with E-state index in [1.165, 1.54) is 11.8 Å². The number of thioether (sulfide) groups is 1. The van der Waals surface area contributed by atoms with Gasteiger partial charge in [-0.3, -0.25) is 14.4 Å². The van der Waals surface area contributed by atoms with Gasteiger partial charge in [-0.25, -0.2) is 0 Å². The number of fused-ring (bicyclic) bond motifs is 1. The highest BCUT2D eigenvalue weighted by Crippen LogP contribution is 2.36. The molecule has 152 valence electrons. The minimum Gasteiger partial charge on any atom is -0.452 e. The Kier molecular flexibility index (Phi) is 7.30. The lowest BCUT2D eigenvalue weighted by Gasteiger charge is -2.24. The van der Waals surface area contributed by atoms with Crippen molar-refractivity contribution in [3.8, 4) is 0 Å². The summed E-state index contributed by atoms with van der Waals surface area (Å²) < 4.78 is 5.36. The van der Waals surface area contributed by atoms with Crippen molar-refractivity contribution in [1.29, 1.82) is 0 Å². The molecule has 0 spiro atoms. The summed E-state index contributed by atoms with van der Waals surface area (Å²) in [7, 11) is 0. The molecule has 0 saturated carbocycles. The Morgan fingerprint density at radius 2 is 1.86 bits per heavy atom. The van der Waals surface area contributed by atoms with E-state index in [9.17, 15) is 14.4 Å². The van der Waals surface area contributed by atoms with Gasteiger partial charge in [-0.05, 0) is 30.5 Å². The third-order valence-corrected chi connectivity index (χ3v) is 5.83. The van der Waals surface area contributed by atoms with Crippen LogP contribution in [0.1, 0.15) is 25.3 Å². The van der Waals surface area contributed by atoms with E-state index in [-0.39, 0.29) is 18.2 Å². The number of esters is 1. The molecule has 0 radical (unpaired) electrons. The summed E-state index contributed by atoms with van der Waals surface area (Å²) in [6.45, 7) is 2.25. The van der Waals surface area contributed by atoms with Crippen molar-refractivity contribution < 1.29 is 19.1 Å². The van der Waals surface area contributed by atoms with Gasteiger partial charge in [0.25, 0.3) is 5.91 Å². The fourth-order valence-electron chi connectivity index (χ4n) is 3.00. The molecule has 2 atom stereocenters. The second-order valence-electron chi connectivity index (χ2n) is 6.71. The second-order valence-corrected chi connectivity index (χ2v) is 7.95. The molecule has 1 aliphatic rings.